The van der Waals surface area contributed by atoms with Crippen molar-refractivity contribution in [2.24, 2.45) is 5.10 Å². The fourth-order valence-electron chi connectivity index (χ4n) is 3.96. The number of amides is 1. The standard InChI is InChI=1S/C30H19Cl2I2N3O2/c31-21-11-10-19(25(32)13-21)17-39-29-20(12-22(33)14-26(29)34)16-35-37-30(38)24-15-28(18-6-2-1-3-7-18)36-27-9-5-4-8-23(24)27/h1-16H,17H2,(H,37,38)/b35-16-. The van der Waals surface area contributed by atoms with Crippen LogP contribution in [0, 0.1) is 7.14 Å². The van der Waals surface area contributed by atoms with E-state index in [1.165, 1.54) is 0 Å². The molecule has 0 fully saturated rings. The highest BCUT2D eigenvalue weighted by atomic mass is 127. The Labute approximate surface area is 262 Å². The molecule has 0 unspecified atom stereocenters. The molecule has 0 saturated heterocycles. The quantitative estimate of drug-likeness (QED) is 0.102. The highest BCUT2D eigenvalue weighted by Gasteiger charge is 2.15. The molecule has 0 radical (unpaired) electrons. The van der Waals surface area contributed by atoms with Crippen molar-refractivity contribution in [2.75, 3.05) is 0 Å². The van der Waals surface area contributed by atoms with Crippen LogP contribution in [-0.2, 0) is 6.61 Å². The predicted octanol–water partition coefficient (Wildman–Crippen LogP) is 8.76. The van der Waals surface area contributed by atoms with E-state index < -0.39 is 0 Å². The first-order valence-corrected chi connectivity index (χ1v) is 14.6. The van der Waals surface area contributed by atoms with Gasteiger partial charge in [0.15, 0.2) is 0 Å². The van der Waals surface area contributed by atoms with Gasteiger partial charge < -0.3 is 4.74 Å². The predicted molar refractivity (Wildman–Crippen MR) is 175 cm³/mol. The van der Waals surface area contributed by atoms with Gasteiger partial charge in [-0.05, 0) is 81.6 Å². The van der Waals surface area contributed by atoms with E-state index in [0.717, 1.165) is 34.7 Å². The summed E-state index contributed by atoms with van der Waals surface area (Å²) in [5.74, 6) is 0.304. The van der Waals surface area contributed by atoms with Gasteiger partial charge in [0.1, 0.15) is 12.4 Å². The Hall–Kier alpha value is -2.73. The van der Waals surface area contributed by atoms with Crippen molar-refractivity contribution >= 4 is 91.4 Å². The number of carbonyl (C=O) groups is 1. The number of nitrogens with zero attached hydrogens (tertiary/aromatic N) is 2. The van der Waals surface area contributed by atoms with Crippen LogP contribution < -0.4 is 10.2 Å². The van der Waals surface area contributed by atoms with Gasteiger partial charge in [-0.25, -0.2) is 10.4 Å². The zero-order chi connectivity index (χ0) is 27.4. The van der Waals surface area contributed by atoms with E-state index in [-0.39, 0.29) is 12.5 Å². The first-order chi connectivity index (χ1) is 18.9. The van der Waals surface area contributed by atoms with Gasteiger partial charge in [0.25, 0.3) is 5.91 Å². The van der Waals surface area contributed by atoms with Crippen molar-refractivity contribution in [3.8, 4) is 17.0 Å². The molecule has 4 aromatic carbocycles. The molecule has 1 amide bonds. The lowest BCUT2D eigenvalue weighted by molar-refractivity contribution is 0.0956. The van der Waals surface area contributed by atoms with E-state index >= 15 is 0 Å². The Kier molecular flexibility index (Phi) is 9.01. The summed E-state index contributed by atoms with van der Waals surface area (Å²) in [5, 5.41) is 6.12. The molecule has 5 aromatic rings. The molecule has 0 bridgehead atoms. The molecule has 1 N–H and O–H groups in total. The Morgan fingerprint density at radius 3 is 2.51 bits per heavy atom. The van der Waals surface area contributed by atoms with Crippen LogP contribution in [0.15, 0.2) is 96.1 Å². The summed E-state index contributed by atoms with van der Waals surface area (Å²) in [6, 6.07) is 28.4. The molecule has 5 nitrogen and oxygen atoms in total. The first kappa shape index (κ1) is 27.8. The third kappa shape index (κ3) is 6.71. The Bertz CT molecular complexity index is 1710. The van der Waals surface area contributed by atoms with Gasteiger partial charge in [-0.3, -0.25) is 4.79 Å². The van der Waals surface area contributed by atoms with E-state index in [4.69, 9.17) is 32.9 Å². The maximum Gasteiger partial charge on any atom is 0.272 e. The second-order valence-electron chi connectivity index (χ2n) is 8.47. The third-order valence-corrected chi connectivity index (χ3v) is 7.84. The van der Waals surface area contributed by atoms with Crippen molar-refractivity contribution in [3.63, 3.8) is 0 Å². The van der Waals surface area contributed by atoms with E-state index in [9.17, 15) is 4.79 Å². The van der Waals surface area contributed by atoms with E-state index in [1.807, 2.05) is 72.8 Å². The van der Waals surface area contributed by atoms with Crippen molar-refractivity contribution in [1.29, 1.82) is 0 Å². The molecule has 0 aliphatic carbocycles. The van der Waals surface area contributed by atoms with Crippen molar-refractivity contribution < 1.29 is 9.53 Å². The van der Waals surface area contributed by atoms with Crippen molar-refractivity contribution in [1.82, 2.24) is 10.4 Å². The minimum absolute atomic E-state index is 0.255. The number of nitrogens with one attached hydrogen (secondary N) is 1. The fourth-order valence-corrected chi connectivity index (χ4v) is 6.47. The molecule has 0 spiro atoms. The van der Waals surface area contributed by atoms with Crippen LogP contribution in [0.3, 0.4) is 0 Å². The van der Waals surface area contributed by atoms with Crippen LogP contribution in [-0.4, -0.2) is 17.1 Å². The molecule has 39 heavy (non-hydrogen) atoms. The van der Waals surface area contributed by atoms with Crippen LogP contribution in [0.2, 0.25) is 10.0 Å². The second-order valence-corrected chi connectivity index (χ2v) is 11.7. The van der Waals surface area contributed by atoms with Gasteiger partial charge in [-0.2, -0.15) is 5.10 Å². The van der Waals surface area contributed by atoms with Crippen LogP contribution in [0.25, 0.3) is 22.2 Å². The highest BCUT2D eigenvalue weighted by molar-refractivity contribution is 14.1. The smallest absolute Gasteiger partial charge is 0.272 e. The number of pyridine rings is 1. The molecule has 0 aliphatic heterocycles. The number of rotatable bonds is 7. The number of benzene rings is 4. The lowest BCUT2D eigenvalue weighted by atomic mass is 10.0. The van der Waals surface area contributed by atoms with E-state index in [2.05, 4.69) is 55.7 Å². The van der Waals surface area contributed by atoms with Crippen LogP contribution in [0.5, 0.6) is 5.75 Å². The van der Waals surface area contributed by atoms with E-state index in [0.29, 0.717) is 27.1 Å². The normalized spacial score (nSPS) is 11.2. The zero-order valence-corrected chi connectivity index (χ0v) is 26.0. The summed E-state index contributed by atoms with van der Waals surface area (Å²) in [7, 11) is 0. The molecular weight excluding hydrogens is 759 g/mol. The van der Waals surface area contributed by atoms with Crippen LogP contribution in [0.4, 0.5) is 0 Å². The van der Waals surface area contributed by atoms with Gasteiger partial charge in [-0.15, -0.1) is 0 Å². The molecule has 9 heteroatoms. The topological polar surface area (TPSA) is 63.6 Å². The van der Waals surface area contributed by atoms with Crippen molar-refractivity contribution in [2.45, 2.75) is 6.61 Å². The van der Waals surface area contributed by atoms with Crippen LogP contribution in [0.1, 0.15) is 21.5 Å². The minimum atomic E-state index is -0.335. The monoisotopic (exact) mass is 777 g/mol. The molecule has 5 rings (SSSR count). The van der Waals surface area contributed by atoms with Crippen LogP contribution >= 0.6 is 68.4 Å². The summed E-state index contributed by atoms with van der Waals surface area (Å²) < 4.78 is 8.06. The minimum Gasteiger partial charge on any atom is -0.487 e. The number of ether oxygens (including phenoxy) is 1. The number of carbonyl (C=O) groups excluding carboxylic acids is 1. The Morgan fingerprint density at radius 2 is 1.72 bits per heavy atom. The molecule has 0 aliphatic rings. The number of aromatic nitrogens is 1. The van der Waals surface area contributed by atoms with Gasteiger partial charge >= 0.3 is 0 Å². The molecular formula is C30H19Cl2I2N3O2. The summed E-state index contributed by atoms with van der Waals surface area (Å²) in [6.45, 7) is 0.255. The Balaban J connectivity index is 1.40. The lowest BCUT2D eigenvalue weighted by Crippen LogP contribution is -2.18. The molecule has 0 atom stereocenters. The van der Waals surface area contributed by atoms with Crippen molar-refractivity contribution in [3.05, 3.63) is 125 Å². The first-order valence-electron chi connectivity index (χ1n) is 11.7. The zero-order valence-electron chi connectivity index (χ0n) is 20.2. The summed E-state index contributed by atoms with van der Waals surface area (Å²) in [4.78, 5) is 18.1. The number of fused-ring (bicyclic) bond motifs is 1. The number of hydrogen-bond donors (Lipinski definition) is 1. The second kappa shape index (κ2) is 12.6. The maximum atomic E-state index is 13.3. The molecule has 194 valence electrons. The SMILES string of the molecule is O=C(N/N=C\c1cc(I)cc(I)c1OCc1ccc(Cl)cc1Cl)c1cc(-c2ccccc2)nc2ccccc12. The molecule has 0 saturated carbocycles. The highest BCUT2D eigenvalue weighted by Crippen LogP contribution is 2.30. The number of hydrazone groups is 1. The lowest BCUT2D eigenvalue weighted by Gasteiger charge is -2.13. The van der Waals surface area contributed by atoms with Gasteiger partial charge in [-0.1, -0.05) is 77.8 Å². The third-order valence-electron chi connectivity index (χ3n) is 5.82. The van der Waals surface area contributed by atoms with Gasteiger partial charge in [0.2, 0.25) is 0 Å². The fraction of sp³-hybridized carbons (Fsp3) is 0.0333. The summed E-state index contributed by atoms with van der Waals surface area (Å²) >= 11 is 16.8. The number of halogens is 4. The van der Waals surface area contributed by atoms with Gasteiger partial charge in [0.05, 0.1) is 26.6 Å². The molecule has 1 aromatic heterocycles. The summed E-state index contributed by atoms with van der Waals surface area (Å²) in [6.07, 6.45) is 1.59. The molecule has 1 heterocycles. The Morgan fingerprint density at radius 1 is 0.949 bits per heavy atom. The average Bonchev–Trinajstić information content (AvgIpc) is 2.93. The average molecular weight is 778 g/mol. The number of hydrogen-bond acceptors (Lipinski definition) is 4. The summed E-state index contributed by atoms with van der Waals surface area (Å²) in [5.41, 5.74) is 7.08. The number of para-hydroxylation sites is 1. The maximum absolute atomic E-state index is 13.3. The van der Waals surface area contributed by atoms with E-state index in [1.54, 1.807) is 24.4 Å². The largest absolute Gasteiger partial charge is 0.487 e. The van der Waals surface area contributed by atoms with Gasteiger partial charge in [0, 0.05) is 35.7 Å².